The van der Waals surface area contributed by atoms with Gasteiger partial charge in [0.15, 0.2) is 0 Å². The predicted molar refractivity (Wildman–Crippen MR) is 120 cm³/mol. The van der Waals surface area contributed by atoms with Crippen LogP contribution >= 0.6 is 0 Å². The van der Waals surface area contributed by atoms with E-state index in [0.717, 1.165) is 53.5 Å². The molecular formula is C24H32F3N3O3S. The minimum atomic E-state index is -4.75. The van der Waals surface area contributed by atoms with Gasteiger partial charge in [-0.2, -0.15) is 17.5 Å². The first-order chi connectivity index (χ1) is 16.0. The Morgan fingerprint density at radius 2 is 1.53 bits per heavy atom. The molecule has 1 atom stereocenters. The summed E-state index contributed by atoms with van der Waals surface area (Å²) in [6, 6.07) is 3.87. The molecule has 1 unspecified atom stereocenters. The van der Waals surface area contributed by atoms with Crippen LogP contribution in [-0.2, 0) is 21.0 Å². The molecule has 0 spiro atoms. The third-order valence-electron chi connectivity index (χ3n) is 8.44. The molecule has 4 saturated carbocycles. The lowest BCUT2D eigenvalue weighted by Gasteiger charge is -2.57. The highest BCUT2D eigenvalue weighted by atomic mass is 32.2. The maximum Gasteiger partial charge on any atom is 0.417 e. The number of amides is 1. The van der Waals surface area contributed by atoms with Crippen LogP contribution in [0.25, 0.3) is 0 Å². The van der Waals surface area contributed by atoms with Gasteiger partial charge in [0.05, 0.1) is 16.5 Å². The zero-order valence-electron chi connectivity index (χ0n) is 19.4. The van der Waals surface area contributed by atoms with Gasteiger partial charge in [0.1, 0.15) is 0 Å². The molecule has 1 aliphatic heterocycles. The highest BCUT2D eigenvalue weighted by Crippen LogP contribution is 2.55. The average Bonchev–Trinajstić information content (AvgIpc) is 2.77. The lowest BCUT2D eigenvalue weighted by Crippen LogP contribution is -2.63. The maximum atomic E-state index is 13.4. The second kappa shape index (κ2) is 8.48. The molecule has 34 heavy (non-hydrogen) atoms. The van der Waals surface area contributed by atoms with Crippen molar-refractivity contribution in [2.24, 2.45) is 17.8 Å². The van der Waals surface area contributed by atoms with Gasteiger partial charge in [0, 0.05) is 31.7 Å². The number of alkyl halides is 3. The number of sulfonamides is 1. The Labute approximate surface area is 198 Å². The number of carbonyl (C=O) groups excluding carboxylic acids is 1. The molecule has 1 amide bonds. The second-order valence-electron chi connectivity index (χ2n) is 10.8. The van der Waals surface area contributed by atoms with Gasteiger partial charge in [-0.15, -0.1) is 0 Å². The molecule has 4 aliphatic carbocycles. The van der Waals surface area contributed by atoms with E-state index in [1.807, 2.05) is 11.8 Å². The number of hydrogen-bond acceptors (Lipinski definition) is 4. The fourth-order valence-electron chi connectivity index (χ4n) is 7.19. The molecule has 5 fully saturated rings. The highest BCUT2D eigenvalue weighted by Gasteiger charge is 2.52. The Hall–Kier alpha value is -1.65. The molecule has 6 nitrogen and oxygen atoms in total. The molecular weight excluding hydrogens is 467 g/mol. The lowest BCUT2D eigenvalue weighted by molar-refractivity contribution is -0.140. The number of carbonyl (C=O) groups is 1. The number of nitrogens with zero attached hydrogens (tertiary/aromatic N) is 2. The predicted octanol–water partition coefficient (Wildman–Crippen LogP) is 3.49. The van der Waals surface area contributed by atoms with Gasteiger partial charge in [0.2, 0.25) is 15.9 Å². The molecule has 1 aromatic carbocycles. The van der Waals surface area contributed by atoms with Crippen LogP contribution in [0.3, 0.4) is 0 Å². The zero-order chi connectivity index (χ0) is 24.3. The first kappa shape index (κ1) is 24.1. The fraction of sp³-hybridized carbons (Fsp3) is 0.708. The Morgan fingerprint density at radius 3 is 2.06 bits per heavy atom. The first-order valence-corrected chi connectivity index (χ1v) is 13.6. The number of nitrogens with one attached hydrogen (secondary N) is 1. The Morgan fingerprint density at radius 1 is 1.00 bits per heavy atom. The third-order valence-corrected chi connectivity index (χ3v) is 10.4. The van der Waals surface area contributed by atoms with Crippen LogP contribution in [0.15, 0.2) is 29.2 Å². The van der Waals surface area contributed by atoms with Crippen LogP contribution in [0.4, 0.5) is 13.2 Å². The lowest BCUT2D eigenvalue weighted by atomic mass is 9.53. The largest absolute Gasteiger partial charge is 0.417 e. The fourth-order valence-corrected chi connectivity index (χ4v) is 8.83. The Balaban J connectivity index is 1.22. The van der Waals surface area contributed by atoms with Crippen LogP contribution in [0.5, 0.6) is 0 Å². The number of rotatable bonds is 5. The summed E-state index contributed by atoms with van der Waals surface area (Å²) in [4.78, 5) is 14.4. The van der Waals surface area contributed by atoms with Crippen LogP contribution < -0.4 is 5.32 Å². The van der Waals surface area contributed by atoms with Crippen molar-refractivity contribution >= 4 is 15.9 Å². The Kier molecular flexibility index (Phi) is 6.00. The SMILES string of the molecule is CC(C(=O)NC12CC3CC(CC(C3)C1)C2)N1CCN(S(=O)(=O)c2ccccc2C(F)(F)F)CC1. The Bertz CT molecular complexity index is 1020. The van der Waals surface area contributed by atoms with Crippen molar-refractivity contribution in [1.82, 2.24) is 14.5 Å². The standard InChI is InChI=1S/C24H32F3N3O3S/c1-16(22(31)28-23-13-17-10-18(14-23)12-19(11-17)15-23)29-6-8-30(9-7-29)34(32,33)21-5-3-2-4-20(21)24(25,26)27/h2-5,16-19H,6-15H2,1H3,(H,28,31). The molecule has 1 heterocycles. The van der Waals surface area contributed by atoms with Crippen molar-refractivity contribution in [1.29, 1.82) is 0 Å². The summed E-state index contributed by atoms with van der Waals surface area (Å²) in [5, 5.41) is 3.38. The van der Waals surface area contributed by atoms with Gasteiger partial charge in [-0.05, 0) is 75.3 Å². The van der Waals surface area contributed by atoms with E-state index in [9.17, 15) is 26.4 Å². The van der Waals surface area contributed by atoms with Crippen LogP contribution in [0, 0.1) is 17.8 Å². The molecule has 0 aromatic heterocycles. The van der Waals surface area contributed by atoms with E-state index in [1.165, 1.54) is 31.4 Å². The van der Waals surface area contributed by atoms with Gasteiger partial charge in [-0.3, -0.25) is 9.69 Å². The average molecular weight is 500 g/mol. The summed E-state index contributed by atoms with van der Waals surface area (Å²) in [6.07, 6.45) is 2.29. The van der Waals surface area contributed by atoms with E-state index < -0.39 is 32.7 Å². The topological polar surface area (TPSA) is 69.7 Å². The maximum absolute atomic E-state index is 13.4. The molecule has 0 radical (unpaired) electrons. The van der Waals surface area contributed by atoms with Crippen LogP contribution in [0.2, 0.25) is 0 Å². The smallest absolute Gasteiger partial charge is 0.349 e. The van der Waals surface area contributed by atoms with E-state index in [1.54, 1.807) is 0 Å². The summed E-state index contributed by atoms with van der Waals surface area (Å²) < 4.78 is 67.2. The van der Waals surface area contributed by atoms with Gasteiger partial charge in [0.25, 0.3) is 0 Å². The van der Waals surface area contributed by atoms with Crippen LogP contribution in [0.1, 0.15) is 51.0 Å². The van der Waals surface area contributed by atoms with E-state index in [0.29, 0.717) is 13.1 Å². The summed E-state index contributed by atoms with van der Waals surface area (Å²) >= 11 is 0. The number of benzene rings is 1. The van der Waals surface area contributed by atoms with Crippen molar-refractivity contribution in [3.63, 3.8) is 0 Å². The summed E-state index contributed by atoms with van der Waals surface area (Å²) in [5.41, 5.74) is -1.24. The minimum absolute atomic E-state index is 0.0272. The third kappa shape index (κ3) is 4.37. The van der Waals surface area contributed by atoms with Crippen molar-refractivity contribution in [3.05, 3.63) is 29.8 Å². The normalized spacial score (nSPS) is 33.1. The zero-order valence-corrected chi connectivity index (χ0v) is 20.2. The molecule has 6 rings (SSSR count). The monoisotopic (exact) mass is 499 g/mol. The van der Waals surface area contributed by atoms with Crippen molar-refractivity contribution in [2.75, 3.05) is 26.2 Å². The van der Waals surface area contributed by atoms with Crippen molar-refractivity contribution < 1.29 is 26.4 Å². The van der Waals surface area contributed by atoms with Gasteiger partial charge < -0.3 is 5.32 Å². The number of piperazine rings is 1. The summed E-state index contributed by atoms with van der Waals surface area (Å²) in [6.45, 7) is 2.51. The number of hydrogen-bond donors (Lipinski definition) is 1. The first-order valence-electron chi connectivity index (χ1n) is 12.2. The molecule has 1 aromatic rings. The van der Waals surface area contributed by atoms with Gasteiger partial charge >= 0.3 is 6.18 Å². The van der Waals surface area contributed by atoms with E-state index >= 15 is 0 Å². The number of halogens is 3. The second-order valence-corrected chi connectivity index (χ2v) is 12.7. The summed E-state index contributed by atoms with van der Waals surface area (Å²) in [5.74, 6) is 2.13. The van der Waals surface area contributed by atoms with Crippen LogP contribution in [-0.4, -0.2) is 61.3 Å². The van der Waals surface area contributed by atoms with E-state index in [2.05, 4.69) is 5.32 Å². The van der Waals surface area contributed by atoms with Gasteiger partial charge in [-0.1, -0.05) is 12.1 Å². The van der Waals surface area contributed by atoms with Gasteiger partial charge in [-0.25, -0.2) is 8.42 Å². The van der Waals surface area contributed by atoms with Crippen molar-refractivity contribution in [3.8, 4) is 0 Å². The molecule has 1 N–H and O–H groups in total. The molecule has 4 bridgehead atoms. The van der Waals surface area contributed by atoms with Crippen molar-refractivity contribution in [2.45, 2.75) is 68.1 Å². The molecule has 10 heteroatoms. The highest BCUT2D eigenvalue weighted by molar-refractivity contribution is 7.89. The summed E-state index contributed by atoms with van der Waals surface area (Å²) in [7, 11) is -4.30. The molecule has 5 aliphatic rings. The van der Waals surface area contributed by atoms with E-state index in [-0.39, 0.29) is 24.5 Å². The molecule has 1 saturated heterocycles. The molecule has 188 valence electrons. The van der Waals surface area contributed by atoms with E-state index in [4.69, 9.17) is 0 Å². The minimum Gasteiger partial charge on any atom is -0.349 e. The quantitative estimate of drug-likeness (QED) is 0.674.